The van der Waals surface area contributed by atoms with Gasteiger partial charge < -0.3 is 19.3 Å². The first-order valence-corrected chi connectivity index (χ1v) is 10.8. The summed E-state index contributed by atoms with van der Waals surface area (Å²) in [4.78, 5) is 36.8. The number of aromatic nitrogens is 1. The predicted octanol–water partition coefficient (Wildman–Crippen LogP) is 2.03. The fourth-order valence-electron chi connectivity index (χ4n) is 4.22. The molecule has 1 aromatic carbocycles. The third-order valence-electron chi connectivity index (χ3n) is 5.82. The Morgan fingerprint density at radius 2 is 1.62 bits per heavy atom. The van der Waals surface area contributed by atoms with E-state index < -0.39 is 0 Å². The number of methoxy groups -OCH3 is 2. The summed E-state index contributed by atoms with van der Waals surface area (Å²) in [6.07, 6.45) is 2.37. The molecule has 4 rings (SSSR count). The fourth-order valence-corrected chi connectivity index (χ4v) is 4.22. The van der Waals surface area contributed by atoms with Gasteiger partial charge >= 0.3 is 0 Å². The van der Waals surface area contributed by atoms with E-state index in [4.69, 9.17) is 9.47 Å². The van der Waals surface area contributed by atoms with Crippen LogP contribution in [-0.2, 0) is 14.3 Å². The highest BCUT2D eigenvalue weighted by molar-refractivity contribution is 6.36. The number of ether oxygens (including phenoxy) is 2. The Labute approximate surface area is 188 Å². The number of hydrogen-bond donors (Lipinski definition) is 0. The van der Waals surface area contributed by atoms with Crippen molar-refractivity contribution in [3.63, 3.8) is 0 Å². The summed E-state index contributed by atoms with van der Waals surface area (Å²) < 4.78 is 10.6. The highest BCUT2D eigenvalue weighted by Gasteiger charge is 2.42. The molecule has 2 aliphatic heterocycles. The summed E-state index contributed by atoms with van der Waals surface area (Å²) in [6, 6.07) is 13.2. The van der Waals surface area contributed by atoms with E-state index in [-0.39, 0.29) is 11.8 Å². The normalized spacial score (nSPS) is 16.9. The van der Waals surface area contributed by atoms with Crippen molar-refractivity contribution in [1.82, 2.24) is 14.8 Å². The van der Waals surface area contributed by atoms with Gasteiger partial charge in [-0.15, -0.1) is 0 Å². The van der Waals surface area contributed by atoms with E-state index in [1.54, 1.807) is 20.4 Å². The van der Waals surface area contributed by atoms with Crippen molar-refractivity contribution in [3.05, 3.63) is 59.9 Å². The first-order chi connectivity index (χ1) is 15.7. The summed E-state index contributed by atoms with van der Waals surface area (Å²) in [6.45, 7) is 3.47. The Hall–Kier alpha value is -3.39. The number of amides is 2. The number of pyridine rings is 1. The molecule has 0 N–H and O–H groups in total. The van der Waals surface area contributed by atoms with Crippen LogP contribution in [-0.4, -0.2) is 80.1 Å². The lowest BCUT2D eigenvalue weighted by molar-refractivity contribution is -0.137. The number of carbonyl (C=O) groups excluding carboxylic acids is 2. The first kappa shape index (κ1) is 21.8. The zero-order valence-electron chi connectivity index (χ0n) is 18.5. The topological polar surface area (TPSA) is 75.2 Å². The lowest BCUT2D eigenvalue weighted by Crippen LogP contribution is -2.48. The number of para-hydroxylation sites is 1. The second kappa shape index (κ2) is 9.82. The van der Waals surface area contributed by atoms with Crippen LogP contribution in [0, 0.1) is 0 Å². The van der Waals surface area contributed by atoms with Gasteiger partial charge in [0, 0.05) is 58.2 Å². The molecule has 0 unspecified atom stereocenters. The standard InChI is InChI=1S/C24H28N4O4/c1-31-17-7-12-28-23(29)21(18-8-3-4-9-19(18)32-2)22(24(28)30)27-15-13-26(14-16-27)20-10-5-6-11-25-20/h3-6,8-11H,7,12-17H2,1-2H3. The van der Waals surface area contributed by atoms with Crippen molar-refractivity contribution >= 4 is 23.2 Å². The van der Waals surface area contributed by atoms with Crippen LogP contribution in [0.5, 0.6) is 5.75 Å². The fraction of sp³-hybridized carbons (Fsp3) is 0.375. The van der Waals surface area contributed by atoms with Crippen molar-refractivity contribution in [2.75, 3.05) is 58.5 Å². The van der Waals surface area contributed by atoms with Crippen LogP contribution in [0.15, 0.2) is 54.4 Å². The summed E-state index contributed by atoms with van der Waals surface area (Å²) in [5, 5.41) is 0. The van der Waals surface area contributed by atoms with Gasteiger partial charge in [0.25, 0.3) is 11.8 Å². The highest BCUT2D eigenvalue weighted by atomic mass is 16.5. The van der Waals surface area contributed by atoms with Gasteiger partial charge in [0.1, 0.15) is 17.3 Å². The quantitative estimate of drug-likeness (QED) is 0.463. The summed E-state index contributed by atoms with van der Waals surface area (Å²) in [5.74, 6) is 0.962. The maximum Gasteiger partial charge on any atom is 0.277 e. The van der Waals surface area contributed by atoms with E-state index in [9.17, 15) is 9.59 Å². The molecule has 2 amide bonds. The molecule has 0 atom stereocenters. The average Bonchev–Trinajstić information content (AvgIpc) is 3.09. The average molecular weight is 437 g/mol. The minimum atomic E-state index is -0.280. The van der Waals surface area contributed by atoms with Gasteiger partial charge in [-0.05, 0) is 24.6 Å². The number of imide groups is 1. The van der Waals surface area contributed by atoms with Gasteiger partial charge in [-0.2, -0.15) is 0 Å². The van der Waals surface area contributed by atoms with E-state index in [0.29, 0.717) is 68.3 Å². The largest absolute Gasteiger partial charge is 0.496 e. The first-order valence-electron chi connectivity index (χ1n) is 10.8. The molecule has 2 aliphatic rings. The molecule has 168 valence electrons. The van der Waals surface area contributed by atoms with Crippen molar-refractivity contribution in [2.24, 2.45) is 0 Å². The molecular weight excluding hydrogens is 408 g/mol. The van der Waals surface area contributed by atoms with Crippen molar-refractivity contribution in [1.29, 1.82) is 0 Å². The van der Waals surface area contributed by atoms with Crippen LogP contribution in [0.2, 0.25) is 0 Å². The summed E-state index contributed by atoms with van der Waals surface area (Å²) in [7, 11) is 3.18. The van der Waals surface area contributed by atoms with Gasteiger partial charge in [-0.25, -0.2) is 4.98 Å². The van der Waals surface area contributed by atoms with Gasteiger partial charge in [0.05, 0.1) is 12.7 Å². The van der Waals surface area contributed by atoms with Gasteiger partial charge in [-0.1, -0.05) is 24.3 Å². The SMILES string of the molecule is COCCCN1C(=O)C(c2ccccc2OC)=C(N2CCN(c3ccccn3)CC2)C1=O. The van der Waals surface area contributed by atoms with Crippen molar-refractivity contribution < 1.29 is 19.1 Å². The zero-order chi connectivity index (χ0) is 22.5. The van der Waals surface area contributed by atoms with Gasteiger partial charge in [0.15, 0.2) is 0 Å². The Balaban J connectivity index is 1.64. The number of nitrogens with zero attached hydrogens (tertiary/aromatic N) is 4. The molecule has 3 heterocycles. The van der Waals surface area contributed by atoms with Crippen LogP contribution in [0.3, 0.4) is 0 Å². The minimum Gasteiger partial charge on any atom is -0.496 e. The molecule has 0 spiro atoms. The Morgan fingerprint density at radius 1 is 0.906 bits per heavy atom. The number of piperazine rings is 1. The molecule has 1 fully saturated rings. The third kappa shape index (κ3) is 4.18. The second-order valence-corrected chi connectivity index (χ2v) is 7.69. The molecular formula is C24H28N4O4. The zero-order valence-corrected chi connectivity index (χ0v) is 18.5. The predicted molar refractivity (Wildman–Crippen MR) is 121 cm³/mol. The molecule has 32 heavy (non-hydrogen) atoms. The van der Waals surface area contributed by atoms with E-state index in [1.165, 1.54) is 4.90 Å². The van der Waals surface area contributed by atoms with Crippen molar-refractivity contribution in [2.45, 2.75) is 6.42 Å². The maximum atomic E-state index is 13.4. The molecule has 0 aliphatic carbocycles. The molecule has 0 saturated carbocycles. The summed E-state index contributed by atoms with van der Waals surface area (Å²) >= 11 is 0. The van der Waals surface area contributed by atoms with E-state index in [1.807, 2.05) is 47.4 Å². The van der Waals surface area contributed by atoms with Crippen LogP contribution in [0.4, 0.5) is 5.82 Å². The van der Waals surface area contributed by atoms with Crippen LogP contribution >= 0.6 is 0 Å². The van der Waals surface area contributed by atoms with E-state index in [0.717, 1.165) is 5.82 Å². The highest BCUT2D eigenvalue weighted by Crippen LogP contribution is 2.36. The third-order valence-corrected chi connectivity index (χ3v) is 5.82. The Kier molecular flexibility index (Phi) is 6.70. The summed E-state index contributed by atoms with van der Waals surface area (Å²) in [5.41, 5.74) is 1.51. The molecule has 8 heteroatoms. The number of carbonyl (C=O) groups is 2. The molecule has 8 nitrogen and oxygen atoms in total. The Bertz CT molecular complexity index is 1000. The molecule has 1 saturated heterocycles. The number of anilines is 1. The van der Waals surface area contributed by atoms with Gasteiger partial charge in [0.2, 0.25) is 0 Å². The lowest BCUT2D eigenvalue weighted by Gasteiger charge is -2.37. The minimum absolute atomic E-state index is 0.252. The van der Waals surface area contributed by atoms with E-state index >= 15 is 0 Å². The number of benzene rings is 1. The Morgan fingerprint density at radius 3 is 2.31 bits per heavy atom. The molecule has 0 radical (unpaired) electrons. The second-order valence-electron chi connectivity index (χ2n) is 7.69. The van der Waals surface area contributed by atoms with E-state index in [2.05, 4.69) is 9.88 Å². The van der Waals surface area contributed by atoms with Crippen LogP contribution in [0.25, 0.3) is 5.57 Å². The van der Waals surface area contributed by atoms with Gasteiger partial charge in [-0.3, -0.25) is 14.5 Å². The number of hydrogen-bond acceptors (Lipinski definition) is 7. The van der Waals surface area contributed by atoms with Crippen LogP contribution < -0.4 is 9.64 Å². The maximum absolute atomic E-state index is 13.4. The number of rotatable bonds is 8. The lowest BCUT2D eigenvalue weighted by atomic mass is 10.0. The molecule has 1 aromatic heterocycles. The monoisotopic (exact) mass is 436 g/mol. The van der Waals surface area contributed by atoms with Crippen molar-refractivity contribution in [3.8, 4) is 5.75 Å². The molecule has 2 aromatic rings. The smallest absolute Gasteiger partial charge is 0.277 e. The van der Waals surface area contributed by atoms with Crippen LogP contribution in [0.1, 0.15) is 12.0 Å². The molecule has 0 bridgehead atoms.